The maximum absolute atomic E-state index is 12.6. The van der Waals surface area contributed by atoms with E-state index in [0.717, 1.165) is 11.3 Å². The molecule has 0 fully saturated rings. The summed E-state index contributed by atoms with van der Waals surface area (Å²) in [6, 6.07) is 5.29. The van der Waals surface area contributed by atoms with Crippen molar-refractivity contribution in [3.8, 4) is 0 Å². The molecule has 8 heteroatoms. The second kappa shape index (κ2) is 6.54. The Balaban J connectivity index is 1.91. The fourth-order valence-corrected chi connectivity index (χ4v) is 5.21. The van der Waals surface area contributed by atoms with Gasteiger partial charge in [-0.3, -0.25) is 4.72 Å². The van der Waals surface area contributed by atoms with Crippen molar-refractivity contribution in [1.82, 2.24) is 0 Å². The Kier molecular flexibility index (Phi) is 4.62. The molecule has 1 aromatic carbocycles. The minimum Gasteiger partial charge on any atom is -0.467 e. The van der Waals surface area contributed by atoms with Crippen LogP contribution >= 0.6 is 23.6 Å². The lowest BCUT2D eigenvalue weighted by Crippen LogP contribution is -2.16. The molecular formula is C16H16N2O3S3. The van der Waals surface area contributed by atoms with Crippen LogP contribution in [0.5, 0.6) is 0 Å². The number of sulfonamides is 1. The van der Waals surface area contributed by atoms with E-state index in [2.05, 4.69) is 16.6 Å². The van der Waals surface area contributed by atoms with Crippen LogP contribution in [-0.4, -0.2) is 19.7 Å². The number of thiocarbonyl (C=S) groups is 1. The van der Waals surface area contributed by atoms with Crippen molar-refractivity contribution in [2.24, 2.45) is 0 Å². The van der Waals surface area contributed by atoms with Crippen molar-refractivity contribution in [3.05, 3.63) is 46.7 Å². The summed E-state index contributed by atoms with van der Waals surface area (Å²) in [6.07, 6.45) is 2.09. The number of nitrogens with one attached hydrogen (secondary N) is 2. The first kappa shape index (κ1) is 16.9. The van der Waals surface area contributed by atoms with Crippen molar-refractivity contribution in [3.63, 3.8) is 0 Å². The summed E-state index contributed by atoms with van der Waals surface area (Å²) >= 11 is 6.42. The topological polar surface area (TPSA) is 67.4 Å². The summed E-state index contributed by atoms with van der Waals surface area (Å²) in [5.41, 5.74) is 2.86. The molecule has 126 valence electrons. The van der Waals surface area contributed by atoms with Gasteiger partial charge in [0.15, 0.2) is 0 Å². The van der Waals surface area contributed by atoms with Gasteiger partial charge in [-0.25, -0.2) is 8.42 Å². The Morgan fingerprint density at radius 1 is 1.46 bits per heavy atom. The SMILES string of the molecule is C=Cc1cscc1S(=O)(=O)Nc1ccc2c(c1)CC(C)OC(=S)N2. The number of hydrogen-bond acceptors (Lipinski definition) is 5. The van der Waals surface area contributed by atoms with Gasteiger partial charge in [0.05, 0.1) is 0 Å². The molecule has 0 bridgehead atoms. The molecule has 0 aliphatic carbocycles. The fourth-order valence-electron chi connectivity index (χ4n) is 2.49. The Labute approximate surface area is 150 Å². The Morgan fingerprint density at radius 2 is 2.25 bits per heavy atom. The molecule has 1 unspecified atom stereocenters. The van der Waals surface area contributed by atoms with Crippen molar-refractivity contribution in [2.45, 2.75) is 24.3 Å². The van der Waals surface area contributed by atoms with Crippen LogP contribution in [0.3, 0.4) is 0 Å². The Morgan fingerprint density at radius 3 is 3.00 bits per heavy atom. The van der Waals surface area contributed by atoms with E-state index < -0.39 is 10.0 Å². The van der Waals surface area contributed by atoms with E-state index in [1.165, 1.54) is 17.4 Å². The minimum atomic E-state index is -3.66. The fraction of sp³-hybridized carbons (Fsp3) is 0.188. The van der Waals surface area contributed by atoms with Gasteiger partial charge in [-0.1, -0.05) is 12.7 Å². The highest BCUT2D eigenvalue weighted by atomic mass is 32.2. The van der Waals surface area contributed by atoms with Gasteiger partial charge in [0.1, 0.15) is 11.0 Å². The third kappa shape index (κ3) is 3.45. The maximum Gasteiger partial charge on any atom is 0.263 e. The molecular weight excluding hydrogens is 364 g/mol. The highest BCUT2D eigenvalue weighted by Gasteiger charge is 2.21. The first-order valence-corrected chi connectivity index (χ1v) is 10.0. The van der Waals surface area contributed by atoms with Crippen LogP contribution in [0.25, 0.3) is 6.08 Å². The van der Waals surface area contributed by atoms with Crippen LogP contribution < -0.4 is 10.0 Å². The maximum atomic E-state index is 12.6. The van der Waals surface area contributed by atoms with Gasteiger partial charge >= 0.3 is 0 Å². The summed E-state index contributed by atoms with van der Waals surface area (Å²) in [4.78, 5) is 0.230. The highest BCUT2D eigenvalue weighted by molar-refractivity contribution is 7.93. The summed E-state index contributed by atoms with van der Waals surface area (Å²) in [5.74, 6) is 0. The van der Waals surface area contributed by atoms with Crippen molar-refractivity contribution >= 4 is 56.2 Å². The van der Waals surface area contributed by atoms with E-state index in [4.69, 9.17) is 17.0 Å². The molecule has 2 heterocycles. The molecule has 1 aliphatic rings. The Hall–Kier alpha value is -1.90. The normalized spacial score (nSPS) is 17.2. The van der Waals surface area contributed by atoms with E-state index in [1.54, 1.807) is 29.0 Å². The summed E-state index contributed by atoms with van der Waals surface area (Å²) in [5, 5.41) is 6.68. The van der Waals surface area contributed by atoms with E-state index in [0.29, 0.717) is 22.8 Å². The quantitative estimate of drug-likeness (QED) is 0.789. The lowest BCUT2D eigenvalue weighted by Gasteiger charge is -2.12. The molecule has 24 heavy (non-hydrogen) atoms. The molecule has 1 aliphatic heterocycles. The van der Waals surface area contributed by atoms with Crippen LogP contribution in [-0.2, 0) is 21.2 Å². The Bertz CT molecular complexity index is 903. The van der Waals surface area contributed by atoms with Gasteiger partial charge in [-0.15, -0.1) is 0 Å². The largest absolute Gasteiger partial charge is 0.467 e. The van der Waals surface area contributed by atoms with Crippen molar-refractivity contribution in [1.29, 1.82) is 0 Å². The van der Waals surface area contributed by atoms with Crippen LogP contribution in [0.4, 0.5) is 11.4 Å². The number of anilines is 2. The highest BCUT2D eigenvalue weighted by Crippen LogP contribution is 2.28. The zero-order valence-corrected chi connectivity index (χ0v) is 15.4. The van der Waals surface area contributed by atoms with Gasteiger partial charge in [-0.2, -0.15) is 11.3 Å². The van der Waals surface area contributed by atoms with E-state index in [1.807, 2.05) is 6.92 Å². The monoisotopic (exact) mass is 380 g/mol. The molecule has 1 atom stereocenters. The number of ether oxygens (including phenoxy) is 1. The summed E-state index contributed by atoms with van der Waals surface area (Å²) in [6.45, 7) is 5.57. The molecule has 0 amide bonds. The molecule has 0 saturated heterocycles. The van der Waals surface area contributed by atoms with Crippen LogP contribution in [0, 0.1) is 0 Å². The van der Waals surface area contributed by atoms with Crippen molar-refractivity contribution < 1.29 is 13.2 Å². The predicted octanol–water partition coefficient (Wildman–Crippen LogP) is 3.85. The summed E-state index contributed by atoms with van der Waals surface area (Å²) in [7, 11) is -3.66. The van der Waals surface area contributed by atoms with Gasteiger partial charge in [0.25, 0.3) is 15.2 Å². The summed E-state index contributed by atoms with van der Waals surface area (Å²) < 4.78 is 33.3. The van der Waals surface area contributed by atoms with E-state index >= 15 is 0 Å². The van der Waals surface area contributed by atoms with Crippen LogP contribution in [0.2, 0.25) is 0 Å². The second-order valence-electron chi connectivity index (χ2n) is 5.42. The minimum absolute atomic E-state index is 0.0812. The number of thiophene rings is 1. The molecule has 0 radical (unpaired) electrons. The van der Waals surface area contributed by atoms with Crippen LogP contribution in [0.1, 0.15) is 18.1 Å². The standard InChI is InChI=1S/C16H16N2O3S3/c1-3-11-8-23-9-15(11)24(19,20)18-13-4-5-14-12(7-13)6-10(2)21-16(22)17-14/h3-5,7-10,18H,1,6H2,2H3,(H,17,22). The van der Waals surface area contributed by atoms with E-state index in [9.17, 15) is 8.42 Å². The number of fused-ring (bicyclic) bond motifs is 1. The second-order valence-corrected chi connectivity index (χ2v) is 8.18. The lowest BCUT2D eigenvalue weighted by molar-refractivity contribution is 0.217. The smallest absolute Gasteiger partial charge is 0.263 e. The van der Waals surface area contributed by atoms with Crippen LogP contribution in [0.15, 0.2) is 40.4 Å². The first-order valence-electron chi connectivity index (χ1n) is 7.21. The molecule has 2 aromatic rings. The number of benzene rings is 1. The molecule has 5 nitrogen and oxygen atoms in total. The molecule has 1 aromatic heterocycles. The van der Waals surface area contributed by atoms with Gasteiger partial charge < -0.3 is 10.1 Å². The van der Waals surface area contributed by atoms with Gasteiger partial charge in [-0.05, 0) is 48.3 Å². The lowest BCUT2D eigenvalue weighted by atomic mass is 10.1. The molecule has 2 N–H and O–H groups in total. The third-order valence-electron chi connectivity index (χ3n) is 3.57. The number of rotatable bonds is 4. The number of hydrogen-bond donors (Lipinski definition) is 2. The third-order valence-corrected chi connectivity index (χ3v) is 6.12. The molecule has 0 spiro atoms. The van der Waals surface area contributed by atoms with E-state index in [-0.39, 0.29) is 11.0 Å². The van der Waals surface area contributed by atoms with Crippen molar-refractivity contribution in [2.75, 3.05) is 10.0 Å². The average Bonchev–Trinajstić information content (AvgIpc) is 2.93. The molecule has 0 saturated carbocycles. The zero-order chi connectivity index (χ0) is 17.3. The van der Waals surface area contributed by atoms with Gasteiger partial charge in [0.2, 0.25) is 0 Å². The predicted molar refractivity (Wildman–Crippen MR) is 102 cm³/mol. The van der Waals surface area contributed by atoms with Gasteiger partial charge in [0, 0.05) is 28.7 Å². The average molecular weight is 381 g/mol. The molecule has 3 rings (SSSR count). The zero-order valence-electron chi connectivity index (χ0n) is 12.9. The first-order chi connectivity index (χ1) is 11.4.